The fourth-order valence-corrected chi connectivity index (χ4v) is 3.78. The average Bonchev–Trinajstić information content (AvgIpc) is 3.00. The average molecular weight is 393 g/mol. The molecule has 0 saturated carbocycles. The number of carbonyl (C=O) groups is 2. The number of aromatic carboxylic acids is 1. The van der Waals surface area contributed by atoms with Gasteiger partial charge in [-0.15, -0.1) is 0 Å². The number of para-hydroxylation sites is 1. The van der Waals surface area contributed by atoms with E-state index in [2.05, 4.69) is 11.5 Å². The van der Waals surface area contributed by atoms with E-state index in [1.165, 1.54) is 0 Å². The van der Waals surface area contributed by atoms with Crippen molar-refractivity contribution in [3.8, 4) is 5.75 Å². The van der Waals surface area contributed by atoms with Gasteiger partial charge in [0.25, 0.3) is 0 Å². The smallest absolute Gasteiger partial charge is 0.335 e. The Bertz CT molecular complexity index is 1060. The normalized spacial score (nSPS) is 11.2. The predicted octanol–water partition coefficient (Wildman–Crippen LogP) is 5.19. The molecule has 0 fully saturated rings. The van der Waals surface area contributed by atoms with Crippen LogP contribution in [-0.2, 0) is 13.0 Å². The van der Waals surface area contributed by atoms with E-state index in [1.807, 2.05) is 38.1 Å². The Labute approximate surface area is 170 Å². The third kappa shape index (κ3) is 3.90. The summed E-state index contributed by atoms with van der Waals surface area (Å²) in [6.45, 7) is 6.38. The molecule has 0 spiro atoms. The van der Waals surface area contributed by atoms with E-state index in [0.29, 0.717) is 12.1 Å². The maximum atomic E-state index is 13.1. The van der Waals surface area contributed by atoms with Gasteiger partial charge in [0.15, 0.2) is 5.78 Å². The number of benzene rings is 2. The first kappa shape index (κ1) is 20.6. The van der Waals surface area contributed by atoms with Crippen LogP contribution in [0.3, 0.4) is 0 Å². The van der Waals surface area contributed by atoms with E-state index < -0.39 is 5.97 Å². The predicted molar refractivity (Wildman–Crippen MR) is 114 cm³/mol. The fraction of sp³-hybridized carbons (Fsp3) is 0.333. The molecule has 0 atom stereocenters. The highest BCUT2D eigenvalue weighted by Crippen LogP contribution is 2.32. The quantitative estimate of drug-likeness (QED) is 0.535. The minimum atomic E-state index is -0.981. The Hall–Kier alpha value is -3.08. The molecule has 29 heavy (non-hydrogen) atoms. The van der Waals surface area contributed by atoms with Crippen LogP contribution >= 0.6 is 0 Å². The van der Waals surface area contributed by atoms with Gasteiger partial charge in [-0.3, -0.25) is 4.79 Å². The number of ketones is 1. The number of carboxylic acid groups (broad SMARTS) is 1. The molecule has 3 aromatic rings. The molecule has 0 bridgehead atoms. The number of fused-ring (bicyclic) bond motifs is 1. The molecule has 3 rings (SSSR count). The summed E-state index contributed by atoms with van der Waals surface area (Å²) >= 11 is 0. The van der Waals surface area contributed by atoms with Crippen LogP contribution in [0.2, 0.25) is 0 Å². The van der Waals surface area contributed by atoms with Gasteiger partial charge in [0.2, 0.25) is 0 Å². The molecular formula is C24H27NO4. The van der Waals surface area contributed by atoms with Crippen molar-refractivity contribution in [3.05, 3.63) is 64.8 Å². The van der Waals surface area contributed by atoms with Crippen LogP contribution in [0.4, 0.5) is 0 Å². The largest absolute Gasteiger partial charge is 0.496 e. The highest BCUT2D eigenvalue weighted by Gasteiger charge is 2.25. The third-order valence-electron chi connectivity index (χ3n) is 5.20. The van der Waals surface area contributed by atoms with Crippen molar-refractivity contribution >= 4 is 22.7 Å². The Kier molecular flexibility index (Phi) is 6.06. The zero-order chi connectivity index (χ0) is 21.1. The highest BCUT2D eigenvalue weighted by molar-refractivity contribution is 6.11. The zero-order valence-corrected chi connectivity index (χ0v) is 17.4. The van der Waals surface area contributed by atoms with E-state index in [-0.39, 0.29) is 17.3 Å². The summed E-state index contributed by atoms with van der Waals surface area (Å²) in [7, 11) is 1.63. The van der Waals surface area contributed by atoms with Crippen molar-refractivity contribution < 1.29 is 19.4 Å². The summed E-state index contributed by atoms with van der Waals surface area (Å²) in [6, 6.07) is 12.8. The third-order valence-corrected chi connectivity index (χ3v) is 5.20. The standard InChI is InChI=1S/C24H27NO4/c1-5-8-19-22(23(26)15(2)3)18-12-11-16(24(27)28)13-20(18)25(19)14-17-9-6-7-10-21(17)29-4/h6-7,9-13,15H,5,8,14H2,1-4H3,(H,27,28). The Morgan fingerprint density at radius 1 is 1.14 bits per heavy atom. The number of aromatic nitrogens is 1. The van der Waals surface area contributed by atoms with Crippen LogP contribution in [0.5, 0.6) is 5.75 Å². The number of Topliss-reactive ketones (excluding diaryl/α,β-unsaturated/α-hetero) is 1. The van der Waals surface area contributed by atoms with Gasteiger partial charge in [0.1, 0.15) is 5.75 Å². The van der Waals surface area contributed by atoms with Crippen molar-refractivity contribution in [1.29, 1.82) is 0 Å². The van der Waals surface area contributed by atoms with Crippen molar-refractivity contribution in [2.24, 2.45) is 5.92 Å². The molecule has 1 aromatic heterocycles. The molecule has 1 heterocycles. The fourth-order valence-electron chi connectivity index (χ4n) is 3.78. The van der Waals surface area contributed by atoms with Gasteiger partial charge in [0.05, 0.1) is 24.7 Å². The molecule has 2 aromatic carbocycles. The maximum Gasteiger partial charge on any atom is 0.335 e. The van der Waals surface area contributed by atoms with Gasteiger partial charge >= 0.3 is 5.97 Å². The molecule has 0 unspecified atom stereocenters. The van der Waals surface area contributed by atoms with Gasteiger partial charge < -0.3 is 14.4 Å². The first-order chi connectivity index (χ1) is 13.9. The second-order valence-corrected chi connectivity index (χ2v) is 7.53. The lowest BCUT2D eigenvalue weighted by Gasteiger charge is -2.15. The highest BCUT2D eigenvalue weighted by atomic mass is 16.5. The molecule has 5 nitrogen and oxygen atoms in total. The first-order valence-electron chi connectivity index (χ1n) is 9.93. The van der Waals surface area contributed by atoms with Crippen LogP contribution < -0.4 is 4.74 Å². The molecular weight excluding hydrogens is 366 g/mol. The van der Waals surface area contributed by atoms with Crippen LogP contribution in [-0.4, -0.2) is 28.5 Å². The number of carboxylic acids is 1. The summed E-state index contributed by atoms with van der Waals surface area (Å²) in [6.07, 6.45) is 1.62. The van der Waals surface area contributed by atoms with Crippen LogP contribution in [0, 0.1) is 5.92 Å². The Balaban J connectivity index is 2.32. The monoisotopic (exact) mass is 393 g/mol. The lowest BCUT2D eigenvalue weighted by atomic mass is 9.96. The lowest BCUT2D eigenvalue weighted by molar-refractivity contribution is 0.0696. The topological polar surface area (TPSA) is 68.5 Å². The van der Waals surface area contributed by atoms with Crippen LogP contribution in [0.15, 0.2) is 42.5 Å². The molecule has 152 valence electrons. The molecule has 0 radical (unpaired) electrons. The van der Waals surface area contributed by atoms with Crippen molar-refractivity contribution in [1.82, 2.24) is 4.57 Å². The molecule has 1 N–H and O–H groups in total. The summed E-state index contributed by atoms with van der Waals surface area (Å²) < 4.78 is 7.59. The number of ether oxygens (including phenoxy) is 1. The van der Waals surface area contributed by atoms with E-state index >= 15 is 0 Å². The van der Waals surface area contributed by atoms with Gasteiger partial charge in [-0.2, -0.15) is 0 Å². The Morgan fingerprint density at radius 2 is 1.86 bits per heavy atom. The lowest BCUT2D eigenvalue weighted by Crippen LogP contribution is -2.12. The van der Waals surface area contributed by atoms with E-state index in [0.717, 1.165) is 40.8 Å². The first-order valence-corrected chi connectivity index (χ1v) is 9.93. The SMILES string of the molecule is CCCc1c(C(=O)C(C)C)c2ccc(C(=O)O)cc2n1Cc1ccccc1OC. The van der Waals surface area contributed by atoms with Gasteiger partial charge in [-0.05, 0) is 24.6 Å². The van der Waals surface area contributed by atoms with Crippen LogP contribution in [0.1, 0.15) is 59.2 Å². The second kappa shape index (κ2) is 8.52. The second-order valence-electron chi connectivity index (χ2n) is 7.53. The molecule has 0 aliphatic heterocycles. The van der Waals surface area contributed by atoms with Gasteiger partial charge in [-0.25, -0.2) is 4.79 Å². The number of rotatable bonds is 8. The minimum Gasteiger partial charge on any atom is -0.496 e. The van der Waals surface area contributed by atoms with Gasteiger partial charge in [-0.1, -0.05) is 51.5 Å². The van der Waals surface area contributed by atoms with E-state index in [9.17, 15) is 14.7 Å². The number of nitrogens with zero attached hydrogens (tertiary/aromatic N) is 1. The summed E-state index contributed by atoms with van der Waals surface area (Å²) in [5, 5.41) is 10.3. The summed E-state index contributed by atoms with van der Waals surface area (Å²) in [5.41, 5.74) is 3.62. The molecule has 0 aliphatic carbocycles. The van der Waals surface area contributed by atoms with E-state index in [1.54, 1.807) is 25.3 Å². The van der Waals surface area contributed by atoms with E-state index in [4.69, 9.17) is 4.74 Å². The summed E-state index contributed by atoms with van der Waals surface area (Å²) in [4.78, 5) is 24.7. The summed E-state index contributed by atoms with van der Waals surface area (Å²) in [5.74, 6) is -0.274. The van der Waals surface area contributed by atoms with Crippen LogP contribution in [0.25, 0.3) is 10.9 Å². The molecule has 5 heteroatoms. The number of methoxy groups -OCH3 is 1. The Morgan fingerprint density at radius 3 is 2.48 bits per heavy atom. The molecule has 0 aliphatic rings. The number of hydrogen-bond donors (Lipinski definition) is 1. The zero-order valence-electron chi connectivity index (χ0n) is 17.4. The molecule has 0 saturated heterocycles. The van der Waals surface area contributed by atoms with Crippen molar-refractivity contribution in [2.75, 3.05) is 7.11 Å². The number of carbonyl (C=O) groups excluding carboxylic acids is 1. The van der Waals surface area contributed by atoms with Crippen molar-refractivity contribution in [2.45, 2.75) is 40.2 Å². The minimum absolute atomic E-state index is 0.0836. The number of hydrogen-bond acceptors (Lipinski definition) is 3. The molecule has 0 amide bonds. The van der Waals surface area contributed by atoms with Gasteiger partial charge in [0, 0.05) is 28.1 Å². The maximum absolute atomic E-state index is 13.1. The van der Waals surface area contributed by atoms with Crippen molar-refractivity contribution in [3.63, 3.8) is 0 Å².